The first-order valence-corrected chi connectivity index (χ1v) is 7.63. The van der Waals surface area contributed by atoms with Gasteiger partial charge in [0.25, 0.3) is 0 Å². The number of nitrogens with zero attached hydrogens (tertiary/aromatic N) is 1. The third-order valence-corrected chi connectivity index (χ3v) is 4.72. The van der Waals surface area contributed by atoms with E-state index in [0.717, 1.165) is 24.4 Å². The molecule has 3 nitrogen and oxygen atoms in total. The third kappa shape index (κ3) is 2.60. The molecule has 2 aromatic rings. The lowest BCUT2D eigenvalue weighted by atomic mass is 9.90. The Morgan fingerprint density at radius 1 is 1.20 bits per heavy atom. The van der Waals surface area contributed by atoms with Gasteiger partial charge in [-0.1, -0.05) is 18.2 Å². The van der Waals surface area contributed by atoms with E-state index >= 15 is 0 Å². The van der Waals surface area contributed by atoms with Crippen molar-refractivity contribution in [3.8, 4) is 0 Å². The van der Waals surface area contributed by atoms with E-state index in [1.54, 1.807) is 0 Å². The Hall–Kier alpha value is -1.32. The van der Waals surface area contributed by atoms with Crippen LogP contribution in [-0.4, -0.2) is 24.0 Å². The average molecular weight is 272 g/mol. The van der Waals surface area contributed by atoms with Crippen molar-refractivity contribution in [2.24, 2.45) is 11.7 Å². The number of likely N-dealkylation sites (tertiary alicyclic amines) is 1. The minimum Gasteiger partial charge on any atom is -0.459 e. The largest absolute Gasteiger partial charge is 0.459 e. The molecule has 0 aliphatic carbocycles. The molecule has 3 heteroatoms. The van der Waals surface area contributed by atoms with E-state index in [1.165, 1.54) is 18.2 Å². The Bertz CT molecular complexity index is 534. The van der Waals surface area contributed by atoms with Gasteiger partial charge in [-0.15, -0.1) is 0 Å². The lowest BCUT2D eigenvalue weighted by molar-refractivity contribution is 0.121. The zero-order chi connectivity index (χ0) is 14.1. The average Bonchev–Trinajstić information content (AvgIpc) is 2.90. The van der Waals surface area contributed by atoms with Crippen LogP contribution in [0.2, 0.25) is 0 Å². The Labute approximate surface area is 120 Å². The summed E-state index contributed by atoms with van der Waals surface area (Å²) in [5.41, 5.74) is 7.00. The topological polar surface area (TPSA) is 42.4 Å². The molecule has 1 saturated heterocycles. The first-order chi connectivity index (χ1) is 9.65. The van der Waals surface area contributed by atoms with Crippen molar-refractivity contribution in [3.05, 3.63) is 36.1 Å². The zero-order valence-electron chi connectivity index (χ0n) is 12.4. The first kappa shape index (κ1) is 13.7. The number of rotatable bonds is 3. The van der Waals surface area contributed by atoms with Crippen molar-refractivity contribution >= 4 is 11.0 Å². The summed E-state index contributed by atoms with van der Waals surface area (Å²) in [6, 6.07) is 11.1. The molecule has 20 heavy (non-hydrogen) atoms. The Morgan fingerprint density at radius 3 is 2.55 bits per heavy atom. The van der Waals surface area contributed by atoms with Gasteiger partial charge in [0.15, 0.2) is 0 Å². The number of nitrogens with two attached hydrogens (primary N) is 1. The van der Waals surface area contributed by atoms with Gasteiger partial charge in [0, 0.05) is 11.4 Å². The predicted octanol–water partition coefficient (Wildman–Crippen LogP) is 3.55. The van der Waals surface area contributed by atoms with Gasteiger partial charge in [-0.05, 0) is 57.8 Å². The molecule has 0 radical (unpaired) electrons. The molecule has 0 amide bonds. The maximum absolute atomic E-state index is 6.01. The molecule has 2 heterocycles. The first-order valence-electron chi connectivity index (χ1n) is 7.63. The fraction of sp³-hybridized carbons (Fsp3) is 0.529. The molecule has 108 valence electrons. The molecule has 0 bridgehead atoms. The summed E-state index contributed by atoms with van der Waals surface area (Å²) in [5.74, 6) is 1.75. The van der Waals surface area contributed by atoms with Gasteiger partial charge in [0.05, 0.1) is 6.04 Å². The van der Waals surface area contributed by atoms with Crippen molar-refractivity contribution in [1.82, 2.24) is 4.90 Å². The van der Waals surface area contributed by atoms with Crippen molar-refractivity contribution < 1.29 is 4.42 Å². The second-order valence-corrected chi connectivity index (χ2v) is 6.10. The van der Waals surface area contributed by atoms with Gasteiger partial charge in [0.1, 0.15) is 11.3 Å². The van der Waals surface area contributed by atoms with Crippen molar-refractivity contribution in [2.45, 2.75) is 38.8 Å². The van der Waals surface area contributed by atoms with E-state index < -0.39 is 0 Å². The van der Waals surface area contributed by atoms with E-state index in [4.69, 9.17) is 10.2 Å². The zero-order valence-corrected chi connectivity index (χ0v) is 12.4. The van der Waals surface area contributed by atoms with Crippen molar-refractivity contribution in [2.75, 3.05) is 13.1 Å². The molecule has 0 saturated carbocycles. The van der Waals surface area contributed by atoms with Gasteiger partial charge in [0.2, 0.25) is 0 Å². The van der Waals surface area contributed by atoms with Gasteiger partial charge < -0.3 is 10.2 Å². The minimum atomic E-state index is 0.318. The summed E-state index contributed by atoms with van der Waals surface area (Å²) >= 11 is 0. The highest BCUT2D eigenvalue weighted by Gasteiger charge is 2.26. The molecule has 2 unspecified atom stereocenters. The Balaban J connectivity index is 1.71. The number of benzene rings is 1. The summed E-state index contributed by atoms with van der Waals surface area (Å²) in [4.78, 5) is 2.51. The molecule has 3 rings (SSSR count). The second kappa shape index (κ2) is 5.58. The number of furan rings is 1. The quantitative estimate of drug-likeness (QED) is 0.929. The summed E-state index contributed by atoms with van der Waals surface area (Å²) in [5, 5.41) is 1.19. The number of piperidine rings is 1. The molecule has 2 N–H and O–H groups in total. The molecule has 1 aliphatic rings. The summed E-state index contributed by atoms with van der Waals surface area (Å²) in [6.07, 6.45) is 2.39. The Morgan fingerprint density at radius 2 is 1.90 bits per heavy atom. The molecule has 2 atom stereocenters. The SMILES string of the molecule is CC(N)C1CCN(C(C)c2cc3ccccc3o2)CC1. The highest BCUT2D eigenvalue weighted by atomic mass is 16.3. The fourth-order valence-electron chi connectivity index (χ4n) is 3.22. The molecule has 1 fully saturated rings. The van der Waals surface area contributed by atoms with E-state index in [9.17, 15) is 0 Å². The Kier molecular flexibility index (Phi) is 3.81. The number of fused-ring (bicyclic) bond motifs is 1. The number of hydrogen-bond donors (Lipinski definition) is 1. The highest BCUT2D eigenvalue weighted by Crippen LogP contribution is 2.30. The summed E-state index contributed by atoms with van der Waals surface area (Å²) < 4.78 is 5.99. The van der Waals surface area contributed by atoms with Gasteiger partial charge in [-0.25, -0.2) is 0 Å². The maximum Gasteiger partial charge on any atom is 0.134 e. The predicted molar refractivity (Wildman–Crippen MR) is 82.6 cm³/mol. The van der Waals surface area contributed by atoms with Crippen LogP contribution in [0.1, 0.15) is 38.5 Å². The number of hydrogen-bond acceptors (Lipinski definition) is 3. The molecule has 0 spiro atoms. The summed E-state index contributed by atoms with van der Waals surface area (Å²) in [6.45, 7) is 6.60. The van der Waals surface area contributed by atoms with Gasteiger partial charge in [-0.2, -0.15) is 0 Å². The lowest BCUT2D eigenvalue weighted by Crippen LogP contribution is -2.40. The van der Waals surface area contributed by atoms with Crippen LogP contribution >= 0.6 is 0 Å². The smallest absolute Gasteiger partial charge is 0.134 e. The van der Waals surface area contributed by atoms with Crippen LogP contribution < -0.4 is 5.73 Å². The van der Waals surface area contributed by atoms with Crippen molar-refractivity contribution in [3.63, 3.8) is 0 Å². The second-order valence-electron chi connectivity index (χ2n) is 6.10. The van der Waals surface area contributed by atoms with Crippen molar-refractivity contribution in [1.29, 1.82) is 0 Å². The van der Waals surface area contributed by atoms with Crippen LogP contribution in [0.3, 0.4) is 0 Å². The van der Waals surface area contributed by atoms with Crippen LogP contribution in [0.4, 0.5) is 0 Å². The highest BCUT2D eigenvalue weighted by molar-refractivity contribution is 5.77. The van der Waals surface area contributed by atoms with Crippen LogP contribution in [0.25, 0.3) is 11.0 Å². The third-order valence-electron chi connectivity index (χ3n) is 4.72. The number of para-hydroxylation sites is 1. The van der Waals surface area contributed by atoms with E-state index in [1.807, 2.05) is 12.1 Å². The molecule has 1 aliphatic heterocycles. The standard InChI is InChI=1S/C17H24N2O/c1-12(18)14-7-9-19(10-8-14)13(2)17-11-15-5-3-4-6-16(15)20-17/h3-6,11-14H,7-10,18H2,1-2H3. The molecular weight excluding hydrogens is 248 g/mol. The maximum atomic E-state index is 6.01. The molecule has 1 aromatic carbocycles. The molecular formula is C17H24N2O. The van der Waals surface area contributed by atoms with E-state index in [0.29, 0.717) is 18.0 Å². The summed E-state index contributed by atoms with van der Waals surface area (Å²) in [7, 11) is 0. The van der Waals surface area contributed by atoms with Crippen LogP contribution in [0.15, 0.2) is 34.7 Å². The van der Waals surface area contributed by atoms with Crippen LogP contribution in [0.5, 0.6) is 0 Å². The molecule has 1 aromatic heterocycles. The fourth-order valence-corrected chi connectivity index (χ4v) is 3.22. The monoisotopic (exact) mass is 272 g/mol. The normalized spacial score (nSPS) is 21.1. The van der Waals surface area contributed by atoms with Crippen LogP contribution in [0, 0.1) is 5.92 Å². The van der Waals surface area contributed by atoms with Gasteiger partial charge >= 0.3 is 0 Å². The minimum absolute atomic E-state index is 0.318. The van der Waals surface area contributed by atoms with E-state index in [-0.39, 0.29) is 0 Å². The van der Waals surface area contributed by atoms with E-state index in [2.05, 4.69) is 36.9 Å². The lowest BCUT2D eigenvalue weighted by Gasteiger charge is -2.36. The van der Waals surface area contributed by atoms with Crippen LogP contribution in [-0.2, 0) is 0 Å². The van der Waals surface area contributed by atoms with Gasteiger partial charge in [-0.3, -0.25) is 4.90 Å².